The molecule has 0 amide bonds. The number of anilines is 1. The Bertz CT molecular complexity index is 466. The van der Waals surface area contributed by atoms with E-state index >= 15 is 0 Å². The zero-order valence-corrected chi connectivity index (χ0v) is 10.1. The first-order valence-corrected chi connectivity index (χ1v) is 5.05. The third-order valence-electron chi connectivity index (χ3n) is 1.99. The van der Waals surface area contributed by atoms with E-state index in [-0.39, 0.29) is 5.96 Å². The molecule has 0 radical (unpaired) electrons. The fraction of sp³-hybridized carbons (Fsp3) is 0.200. The van der Waals surface area contributed by atoms with E-state index in [9.17, 15) is 4.91 Å². The quantitative estimate of drug-likeness (QED) is 0.399. The molecular formula is C10H15N6O2+. The number of hydrogen-bond acceptors (Lipinski definition) is 4. The highest BCUT2D eigenvalue weighted by atomic mass is 16.7. The van der Waals surface area contributed by atoms with Gasteiger partial charge in [-0.25, -0.2) is 5.21 Å². The Morgan fingerprint density at radius 2 is 2.06 bits per heavy atom. The average molecular weight is 251 g/mol. The SMILES string of the molecule is CN(C)c1ccc(/C=N/N=C(\N)N[N+](=O)O)cc1. The Morgan fingerprint density at radius 1 is 1.44 bits per heavy atom. The van der Waals surface area contributed by atoms with Crippen molar-refractivity contribution in [3.8, 4) is 0 Å². The maximum Gasteiger partial charge on any atom is 0.362 e. The monoisotopic (exact) mass is 251 g/mol. The van der Waals surface area contributed by atoms with Gasteiger partial charge in [0.1, 0.15) is 4.91 Å². The Morgan fingerprint density at radius 3 is 2.56 bits per heavy atom. The number of nitrogens with zero attached hydrogens (tertiary/aromatic N) is 4. The molecule has 0 heterocycles. The van der Waals surface area contributed by atoms with Crippen LogP contribution in [0, 0.1) is 4.91 Å². The van der Waals surface area contributed by atoms with Gasteiger partial charge in [-0.3, -0.25) is 0 Å². The molecule has 0 aliphatic heterocycles. The molecule has 0 saturated heterocycles. The van der Waals surface area contributed by atoms with Crippen molar-refractivity contribution in [2.24, 2.45) is 15.9 Å². The van der Waals surface area contributed by atoms with E-state index in [4.69, 9.17) is 10.9 Å². The van der Waals surface area contributed by atoms with Crippen molar-refractivity contribution < 1.29 is 10.2 Å². The number of hydrazine groups is 1. The van der Waals surface area contributed by atoms with Crippen LogP contribution in [0.3, 0.4) is 0 Å². The van der Waals surface area contributed by atoms with Crippen LogP contribution in [0.2, 0.25) is 0 Å². The average Bonchev–Trinajstić information content (AvgIpc) is 2.28. The molecule has 1 rings (SSSR count). The fourth-order valence-electron chi connectivity index (χ4n) is 1.14. The molecule has 0 bridgehead atoms. The van der Waals surface area contributed by atoms with E-state index in [2.05, 4.69) is 10.2 Å². The van der Waals surface area contributed by atoms with Gasteiger partial charge in [0.05, 0.1) is 6.21 Å². The van der Waals surface area contributed by atoms with Gasteiger partial charge in [-0.2, -0.15) is 5.10 Å². The van der Waals surface area contributed by atoms with E-state index in [0.717, 1.165) is 11.3 Å². The predicted octanol–water partition coefficient (Wildman–Crippen LogP) is 0.0739. The van der Waals surface area contributed by atoms with Crippen LogP contribution in [0.1, 0.15) is 5.56 Å². The molecular weight excluding hydrogens is 236 g/mol. The zero-order chi connectivity index (χ0) is 13.5. The van der Waals surface area contributed by atoms with Crippen molar-refractivity contribution in [1.82, 2.24) is 5.43 Å². The summed E-state index contributed by atoms with van der Waals surface area (Å²) in [5.74, 6) is -0.311. The minimum Gasteiger partial charge on any atom is -0.378 e. The number of guanidine groups is 1. The van der Waals surface area contributed by atoms with E-state index in [1.807, 2.05) is 43.3 Å². The number of hydrogen-bond donors (Lipinski definition) is 3. The summed E-state index contributed by atoms with van der Waals surface area (Å²) < 4.78 is 0. The minimum atomic E-state index is -0.555. The highest BCUT2D eigenvalue weighted by Gasteiger charge is 2.03. The molecule has 0 fully saturated rings. The predicted molar refractivity (Wildman–Crippen MR) is 68.5 cm³/mol. The topological polar surface area (TPSA) is 106 Å². The number of nitrogens with two attached hydrogens (primary N) is 1. The maximum atomic E-state index is 10.1. The molecule has 96 valence electrons. The summed E-state index contributed by atoms with van der Waals surface area (Å²) in [6, 6.07) is 7.59. The highest BCUT2D eigenvalue weighted by Crippen LogP contribution is 2.10. The molecule has 18 heavy (non-hydrogen) atoms. The number of nitrogens with one attached hydrogen (secondary N) is 1. The highest BCUT2D eigenvalue weighted by molar-refractivity contribution is 5.82. The van der Waals surface area contributed by atoms with Crippen molar-refractivity contribution in [3.05, 3.63) is 34.7 Å². The minimum absolute atomic E-state index is 0.311. The summed E-state index contributed by atoms with van der Waals surface area (Å²) >= 11 is 0. The van der Waals surface area contributed by atoms with Crippen molar-refractivity contribution in [1.29, 1.82) is 0 Å². The van der Waals surface area contributed by atoms with Gasteiger partial charge in [-0.15, -0.1) is 5.10 Å². The number of benzene rings is 1. The summed E-state index contributed by atoms with van der Waals surface area (Å²) in [6.45, 7) is 0. The Kier molecular flexibility index (Phi) is 4.61. The van der Waals surface area contributed by atoms with Crippen LogP contribution in [0.5, 0.6) is 0 Å². The molecule has 0 aromatic heterocycles. The molecule has 0 unspecified atom stereocenters. The molecule has 0 atom stereocenters. The van der Waals surface area contributed by atoms with Gasteiger partial charge in [0.2, 0.25) is 0 Å². The first-order valence-electron chi connectivity index (χ1n) is 5.05. The van der Waals surface area contributed by atoms with Crippen LogP contribution in [-0.2, 0) is 0 Å². The van der Waals surface area contributed by atoms with Crippen LogP contribution in [0.15, 0.2) is 34.5 Å². The molecule has 4 N–H and O–H groups in total. The Balaban J connectivity index is 2.64. The lowest BCUT2D eigenvalue weighted by Crippen LogP contribution is -2.36. The normalized spacial score (nSPS) is 11.6. The molecule has 8 nitrogen and oxygen atoms in total. The maximum absolute atomic E-state index is 10.1. The Labute approximate surface area is 104 Å². The van der Waals surface area contributed by atoms with Crippen LogP contribution in [-0.4, -0.2) is 36.5 Å². The van der Waals surface area contributed by atoms with E-state index in [0.29, 0.717) is 0 Å². The standard InChI is InChI=1S/C10H15N6O2/c1-15(2)9-5-3-8(4-6-9)7-12-13-10(11)14-16(17)18/h3-7H,1-2H3,(H,17,18)(H3,11,13,14)/q+1/b12-7+. The lowest BCUT2D eigenvalue weighted by molar-refractivity contribution is -0.822. The smallest absolute Gasteiger partial charge is 0.362 e. The second-order valence-corrected chi connectivity index (χ2v) is 3.60. The summed E-state index contributed by atoms with van der Waals surface area (Å²) in [5.41, 5.74) is 8.92. The van der Waals surface area contributed by atoms with Crippen molar-refractivity contribution in [2.45, 2.75) is 0 Å². The van der Waals surface area contributed by atoms with E-state index < -0.39 is 5.03 Å². The van der Waals surface area contributed by atoms with Crippen LogP contribution >= 0.6 is 0 Å². The van der Waals surface area contributed by atoms with Crippen LogP contribution < -0.4 is 16.1 Å². The van der Waals surface area contributed by atoms with Gasteiger partial charge >= 0.3 is 5.03 Å². The summed E-state index contributed by atoms with van der Waals surface area (Å²) in [4.78, 5) is 12.1. The molecule has 0 spiro atoms. The summed E-state index contributed by atoms with van der Waals surface area (Å²) in [5, 5.41) is 14.8. The van der Waals surface area contributed by atoms with E-state index in [1.165, 1.54) is 6.21 Å². The number of rotatable bonds is 4. The second kappa shape index (κ2) is 6.18. The van der Waals surface area contributed by atoms with Gasteiger partial charge in [0.25, 0.3) is 5.96 Å². The fourth-order valence-corrected chi connectivity index (χ4v) is 1.14. The second-order valence-electron chi connectivity index (χ2n) is 3.60. The lowest BCUT2D eigenvalue weighted by Gasteiger charge is -2.11. The third kappa shape index (κ3) is 4.47. The van der Waals surface area contributed by atoms with Gasteiger partial charge in [0, 0.05) is 19.8 Å². The van der Waals surface area contributed by atoms with E-state index in [1.54, 1.807) is 5.43 Å². The zero-order valence-electron chi connectivity index (χ0n) is 10.1. The van der Waals surface area contributed by atoms with Crippen molar-refractivity contribution in [2.75, 3.05) is 19.0 Å². The lowest BCUT2D eigenvalue weighted by atomic mass is 10.2. The molecule has 8 heteroatoms. The molecule has 0 aliphatic carbocycles. The Hall–Kier alpha value is -2.64. The van der Waals surface area contributed by atoms with Crippen molar-refractivity contribution in [3.63, 3.8) is 0 Å². The molecule has 0 aliphatic rings. The summed E-state index contributed by atoms with van der Waals surface area (Å²) in [7, 11) is 3.90. The van der Waals surface area contributed by atoms with Gasteiger partial charge < -0.3 is 10.6 Å². The first kappa shape index (κ1) is 13.4. The molecule has 0 saturated carbocycles. The third-order valence-corrected chi connectivity index (χ3v) is 1.99. The largest absolute Gasteiger partial charge is 0.378 e. The van der Waals surface area contributed by atoms with Gasteiger partial charge in [-0.05, 0) is 23.1 Å². The summed E-state index contributed by atoms with van der Waals surface area (Å²) in [6.07, 6.45) is 1.47. The van der Waals surface area contributed by atoms with Gasteiger partial charge in [0.15, 0.2) is 0 Å². The first-order chi connectivity index (χ1) is 8.49. The van der Waals surface area contributed by atoms with Crippen LogP contribution in [0.4, 0.5) is 5.69 Å². The van der Waals surface area contributed by atoms with Gasteiger partial charge in [-0.1, -0.05) is 12.1 Å². The van der Waals surface area contributed by atoms with Crippen molar-refractivity contribution >= 4 is 17.9 Å². The molecule has 1 aromatic rings. The van der Waals surface area contributed by atoms with Crippen LogP contribution in [0.25, 0.3) is 0 Å². The molecule has 1 aromatic carbocycles.